The summed E-state index contributed by atoms with van der Waals surface area (Å²) in [5.41, 5.74) is 8.07. The molecule has 0 aromatic heterocycles. The van der Waals surface area contributed by atoms with Gasteiger partial charge in [0.2, 0.25) is 0 Å². The maximum Gasteiger partial charge on any atom is 0.345 e. The van der Waals surface area contributed by atoms with E-state index in [9.17, 15) is 9.59 Å². The van der Waals surface area contributed by atoms with Gasteiger partial charge in [0, 0.05) is 25.3 Å². The molecule has 0 heterocycles. The minimum atomic E-state index is -0.666. The van der Waals surface area contributed by atoms with Gasteiger partial charge in [-0.25, -0.2) is 4.79 Å². The molecule has 0 atom stereocenters. The van der Waals surface area contributed by atoms with Crippen molar-refractivity contribution in [1.29, 1.82) is 5.41 Å². The van der Waals surface area contributed by atoms with E-state index in [4.69, 9.17) is 15.9 Å². The van der Waals surface area contributed by atoms with E-state index in [1.165, 1.54) is 0 Å². The first-order valence-corrected chi connectivity index (χ1v) is 8.73. The molecule has 0 radical (unpaired) electrons. The average molecular weight is 375 g/mol. The van der Waals surface area contributed by atoms with Gasteiger partial charge in [-0.05, 0) is 40.6 Å². The van der Waals surface area contributed by atoms with Crippen LogP contribution in [-0.2, 0) is 16.0 Å². The van der Waals surface area contributed by atoms with E-state index in [0.717, 1.165) is 22.0 Å². The summed E-state index contributed by atoms with van der Waals surface area (Å²) in [6, 6.07) is 17.8. The standard InChI is InChI=1S/C22H21N3O3/c1-25(2)19-5-3-4-18(13-19)22(27)28-20(26)11-14-6-7-16-12-17(21(23)24)9-8-15(16)10-14/h3-10,12-13H,11H2,1-2H3,(H3,23,24). The molecule has 3 rings (SSSR count). The highest BCUT2D eigenvalue weighted by atomic mass is 16.6. The zero-order chi connectivity index (χ0) is 20.3. The number of anilines is 1. The van der Waals surface area contributed by atoms with Crippen LogP contribution in [0.2, 0.25) is 0 Å². The Morgan fingerprint density at radius 2 is 1.68 bits per heavy atom. The number of nitrogens with one attached hydrogen (secondary N) is 1. The van der Waals surface area contributed by atoms with Crippen LogP contribution in [0.5, 0.6) is 0 Å². The van der Waals surface area contributed by atoms with Crippen LogP contribution in [0.4, 0.5) is 5.69 Å². The highest BCUT2D eigenvalue weighted by Gasteiger charge is 2.14. The summed E-state index contributed by atoms with van der Waals surface area (Å²) in [6.07, 6.45) is -0.0104. The van der Waals surface area contributed by atoms with Gasteiger partial charge in [-0.2, -0.15) is 0 Å². The van der Waals surface area contributed by atoms with Gasteiger partial charge in [-0.3, -0.25) is 10.2 Å². The Balaban J connectivity index is 1.70. The third-order valence-corrected chi connectivity index (χ3v) is 4.37. The highest BCUT2D eigenvalue weighted by Crippen LogP contribution is 2.19. The van der Waals surface area contributed by atoms with Gasteiger partial charge in [0.15, 0.2) is 0 Å². The van der Waals surface area contributed by atoms with E-state index in [1.807, 2.05) is 49.3 Å². The molecule has 28 heavy (non-hydrogen) atoms. The lowest BCUT2D eigenvalue weighted by Crippen LogP contribution is -2.15. The van der Waals surface area contributed by atoms with Crippen molar-refractivity contribution in [2.24, 2.45) is 5.73 Å². The Morgan fingerprint density at radius 3 is 2.39 bits per heavy atom. The number of nitrogens with zero attached hydrogens (tertiary/aromatic N) is 1. The molecule has 0 amide bonds. The Labute approximate surface area is 163 Å². The fraction of sp³-hybridized carbons (Fsp3) is 0.136. The van der Waals surface area contributed by atoms with Gasteiger partial charge in [0.25, 0.3) is 0 Å². The van der Waals surface area contributed by atoms with E-state index >= 15 is 0 Å². The monoisotopic (exact) mass is 375 g/mol. The van der Waals surface area contributed by atoms with E-state index in [-0.39, 0.29) is 12.3 Å². The maximum atomic E-state index is 12.2. The maximum absolute atomic E-state index is 12.2. The average Bonchev–Trinajstić information content (AvgIpc) is 2.67. The normalized spacial score (nSPS) is 10.5. The number of ether oxygens (including phenoxy) is 1. The number of fused-ring (bicyclic) bond motifs is 1. The summed E-state index contributed by atoms with van der Waals surface area (Å²) in [5.74, 6) is -1.27. The second-order valence-corrected chi connectivity index (χ2v) is 6.69. The lowest BCUT2D eigenvalue weighted by Gasteiger charge is -2.13. The third kappa shape index (κ3) is 4.35. The van der Waals surface area contributed by atoms with Crippen molar-refractivity contribution < 1.29 is 14.3 Å². The number of carbonyl (C=O) groups is 2. The Morgan fingerprint density at radius 1 is 0.964 bits per heavy atom. The van der Waals surface area contributed by atoms with Crippen molar-refractivity contribution in [3.05, 3.63) is 77.4 Å². The van der Waals surface area contributed by atoms with E-state index in [0.29, 0.717) is 11.1 Å². The molecule has 0 aliphatic rings. The number of nitrogens with two attached hydrogens (primary N) is 1. The van der Waals surface area contributed by atoms with Crippen molar-refractivity contribution in [3.63, 3.8) is 0 Å². The molecular formula is C22H21N3O3. The van der Waals surface area contributed by atoms with Gasteiger partial charge in [-0.15, -0.1) is 0 Å². The summed E-state index contributed by atoms with van der Waals surface area (Å²) < 4.78 is 5.00. The number of carbonyl (C=O) groups excluding carboxylic acids is 2. The second-order valence-electron chi connectivity index (χ2n) is 6.69. The van der Waals surface area contributed by atoms with Crippen LogP contribution in [0.1, 0.15) is 21.5 Å². The van der Waals surface area contributed by atoms with Gasteiger partial charge >= 0.3 is 11.9 Å². The molecule has 0 saturated carbocycles. The molecule has 0 unspecified atom stereocenters. The molecule has 3 aromatic carbocycles. The smallest absolute Gasteiger partial charge is 0.345 e. The summed E-state index contributed by atoms with van der Waals surface area (Å²) in [7, 11) is 3.74. The molecule has 6 nitrogen and oxygen atoms in total. The first kappa shape index (κ1) is 19.1. The number of rotatable bonds is 5. The van der Waals surface area contributed by atoms with Crippen LogP contribution >= 0.6 is 0 Å². The molecule has 0 bridgehead atoms. The summed E-state index contributed by atoms with van der Waals surface area (Å²) in [6.45, 7) is 0. The van der Waals surface area contributed by atoms with Crippen molar-refractivity contribution in [1.82, 2.24) is 0 Å². The number of nitrogen functional groups attached to an aromatic ring is 1. The third-order valence-electron chi connectivity index (χ3n) is 4.37. The fourth-order valence-electron chi connectivity index (χ4n) is 2.85. The first-order valence-electron chi connectivity index (χ1n) is 8.73. The van der Waals surface area contributed by atoms with Crippen LogP contribution in [0.15, 0.2) is 60.7 Å². The van der Waals surface area contributed by atoms with Gasteiger partial charge in [-0.1, -0.05) is 36.4 Å². The fourth-order valence-corrected chi connectivity index (χ4v) is 2.85. The molecule has 0 spiro atoms. The predicted octanol–water partition coefficient (Wildman–Crippen LogP) is 3.12. The van der Waals surface area contributed by atoms with Crippen LogP contribution in [0, 0.1) is 5.41 Å². The highest BCUT2D eigenvalue weighted by molar-refractivity contribution is 6.00. The van der Waals surface area contributed by atoms with Crippen molar-refractivity contribution in [2.45, 2.75) is 6.42 Å². The van der Waals surface area contributed by atoms with Gasteiger partial charge in [0.1, 0.15) is 5.84 Å². The molecule has 0 saturated heterocycles. The van der Waals surface area contributed by atoms with Crippen LogP contribution < -0.4 is 10.6 Å². The number of amidine groups is 1. The van der Waals surface area contributed by atoms with E-state index < -0.39 is 11.9 Å². The lowest BCUT2D eigenvalue weighted by molar-refractivity contribution is -0.137. The first-order chi connectivity index (χ1) is 13.3. The quantitative estimate of drug-likeness (QED) is 0.309. The minimum Gasteiger partial charge on any atom is -0.389 e. The molecule has 3 aromatic rings. The zero-order valence-electron chi connectivity index (χ0n) is 15.7. The van der Waals surface area contributed by atoms with E-state index in [2.05, 4.69) is 0 Å². The van der Waals surface area contributed by atoms with Crippen molar-refractivity contribution in [2.75, 3.05) is 19.0 Å². The number of hydrogen-bond acceptors (Lipinski definition) is 5. The van der Waals surface area contributed by atoms with Gasteiger partial charge in [0.05, 0.1) is 12.0 Å². The molecule has 0 aliphatic carbocycles. The van der Waals surface area contributed by atoms with Crippen molar-refractivity contribution in [3.8, 4) is 0 Å². The van der Waals surface area contributed by atoms with E-state index in [1.54, 1.807) is 30.3 Å². The molecule has 0 fully saturated rings. The summed E-state index contributed by atoms with van der Waals surface area (Å²) >= 11 is 0. The molecule has 6 heteroatoms. The number of hydrogen-bond donors (Lipinski definition) is 2. The van der Waals surface area contributed by atoms with Gasteiger partial charge < -0.3 is 15.4 Å². The zero-order valence-corrected chi connectivity index (χ0v) is 15.7. The van der Waals surface area contributed by atoms with Crippen LogP contribution in [0.3, 0.4) is 0 Å². The number of esters is 2. The Hall–Kier alpha value is -3.67. The summed E-state index contributed by atoms with van der Waals surface area (Å²) in [4.78, 5) is 26.3. The van der Waals surface area contributed by atoms with Crippen LogP contribution in [-0.4, -0.2) is 31.9 Å². The molecular weight excluding hydrogens is 354 g/mol. The Kier molecular flexibility index (Phi) is 5.40. The SMILES string of the molecule is CN(C)c1cccc(C(=O)OC(=O)Cc2ccc3cc(C(=N)N)ccc3c2)c1. The second kappa shape index (κ2) is 7.92. The largest absolute Gasteiger partial charge is 0.389 e. The summed E-state index contributed by atoms with van der Waals surface area (Å²) in [5, 5.41) is 9.33. The molecule has 142 valence electrons. The lowest BCUT2D eigenvalue weighted by atomic mass is 10.0. The minimum absolute atomic E-state index is 0.00593. The molecule has 0 aliphatic heterocycles. The Bertz CT molecular complexity index is 1070. The van der Waals surface area contributed by atoms with Crippen molar-refractivity contribution >= 4 is 34.2 Å². The van der Waals surface area contributed by atoms with Crippen LogP contribution in [0.25, 0.3) is 10.8 Å². The topological polar surface area (TPSA) is 96.5 Å². The number of benzene rings is 3. The molecule has 3 N–H and O–H groups in total. The predicted molar refractivity (Wildman–Crippen MR) is 110 cm³/mol.